The van der Waals surface area contributed by atoms with Gasteiger partial charge in [0.05, 0.1) is 17.1 Å². The molecule has 20 heavy (non-hydrogen) atoms. The van der Waals surface area contributed by atoms with Crippen molar-refractivity contribution in [1.29, 1.82) is 0 Å². The van der Waals surface area contributed by atoms with E-state index in [9.17, 15) is 0 Å². The number of azide groups is 1. The van der Waals surface area contributed by atoms with E-state index in [0.717, 1.165) is 41.7 Å². The van der Waals surface area contributed by atoms with Crippen LogP contribution in [0.3, 0.4) is 0 Å². The molecule has 1 heterocycles. The summed E-state index contributed by atoms with van der Waals surface area (Å²) >= 11 is 0. The van der Waals surface area contributed by atoms with Crippen LogP contribution in [0.1, 0.15) is 36.7 Å². The smallest absolute Gasteiger partial charge is 0.106 e. The van der Waals surface area contributed by atoms with E-state index in [4.69, 9.17) is 10.6 Å². The molecule has 0 fully saturated rings. The molecule has 0 radical (unpaired) electrons. The molecule has 0 amide bonds. The number of aryl methyl sites for hydroxylation is 2. The van der Waals surface area contributed by atoms with E-state index < -0.39 is 0 Å². The van der Waals surface area contributed by atoms with Gasteiger partial charge in [0.15, 0.2) is 0 Å². The zero-order valence-electron chi connectivity index (χ0n) is 11.8. The van der Waals surface area contributed by atoms with Crippen LogP contribution >= 0.6 is 0 Å². The number of rotatable bonds is 6. The number of aliphatic hydroxyl groups excluding tert-OH is 1. The first-order valence-electron chi connectivity index (χ1n) is 6.75. The zero-order valence-corrected chi connectivity index (χ0v) is 11.8. The lowest BCUT2D eigenvalue weighted by Crippen LogP contribution is -1.96. The van der Waals surface area contributed by atoms with E-state index >= 15 is 0 Å². The Morgan fingerprint density at radius 3 is 2.95 bits per heavy atom. The van der Waals surface area contributed by atoms with Crippen molar-refractivity contribution in [3.63, 3.8) is 0 Å². The molecule has 1 unspecified atom stereocenters. The second-order valence-electron chi connectivity index (χ2n) is 4.91. The maximum absolute atomic E-state index is 8.84. The summed E-state index contributed by atoms with van der Waals surface area (Å²) in [5.41, 5.74) is 11.7. The average molecular weight is 273 g/mol. The highest BCUT2D eigenvalue weighted by atomic mass is 16.2. The molecular weight excluding hydrogens is 254 g/mol. The molecule has 2 aromatic rings. The Morgan fingerprint density at radius 2 is 2.25 bits per heavy atom. The van der Waals surface area contributed by atoms with Gasteiger partial charge >= 0.3 is 0 Å². The van der Waals surface area contributed by atoms with E-state index in [0.29, 0.717) is 0 Å². The van der Waals surface area contributed by atoms with Gasteiger partial charge in [-0.1, -0.05) is 17.6 Å². The van der Waals surface area contributed by atoms with Crippen molar-refractivity contribution in [3.05, 3.63) is 40.0 Å². The average Bonchev–Trinajstić information content (AvgIpc) is 2.73. The van der Waals surface area contributed by atoms with Crippen LogP contribution in [0.5, 0.6) is 0 Å². The first-order valence-corrected chi connectivity index (χ1v) is 6.75. The number of unbranched alkanes of at least 4 members (excludes halogenated alkanes) is 1. The Labute approximate surface area is 117 Å². The standard InChI is InChI=1S/C14H19N5O/c1-10-16-13-9-11(6-7-14(13)19(10)2)12(17-18-15)5-3-4-8-20/h6-7,9,12,20H,3-5,8H2,1-2H3. The Morgan fingerprint density at radius 1 is 1.45 bits per heavy atom. The van der Waals surface area contributed by atoms with Gasteiger partial charge in [0.1, 0.15) is 5.82 Å². The zero-order chi connectivity index (χ0) is 14.5. The fraction of sp³-hybridized carbons (Fsp3) is 0.500. The minimum absolute atomic E-state index is 0.168. The van der Waals surface area contributed by atoms with Crippen LogP contribution in [0.15, 0.2) is 23.3 Å². The number of aliphatic hydroxyl groups is 1. The van der Waals surface area contributed by atoms with Crippen LogP contribution in [0.25, 0.3) is 21.5 Å². The van der Waals surface area contributed by atoms with Gasteiger partial charge in [-0.2, -0.15) is 0 Å². The molecular formula is C14H19N5O. The quantitative estimate of drug-likeness (QED) is 0.378. The van der Waals surface area contributed by atoms with Crippen molar-refractivity contribution in [2.75, 3.05) is 6.61 Å². The number of benzene rings is 1. The second kappa shape index (κ2) is 6.41. The highest BCUT2D eigenvalue weighted by Crippen LogP contribution is 2.27. The maximum Gasteiger partial charge on any atom is 0.106 e. The monoisotopic (exact) mass is 273 g/mol. The summed E-state index contributed by atoms with van der Waals surface area (Å²) in [6.45, 7) is 2.13. The summed E-state index contributed by atoms with van der Waals surface area (Å²) in [7, 11) is 1.98. The molecule has 1 aromatic carbocycles. The molecule has 106 valence electrons. The lowest BCUT2D eigenvalue weighted by Gasteiger charge is -2.11. The molecule has 0 bridgehead atoms. The van der Waals surface area contributed by atoms with Gasteiger partial charge in [-0.05, 0) is 43.0 Å². The molecule has 6 nitrogen and oxygen atoms in total. The van der Waals surface area contributed by atoms with Crippen LogP contribution in [-0.2, 0) is 7.05 Å². The molecule has 1 atom stereocenters. The first-order chi connectivity index (χ1) is 9.67. The molecule has 2 rings (SSSR count). The van der Waals surface area contributed by atoms with Crippen molar-refractivity contribution < 1.29 is 5.11 Å². The topological polar surface area (TPSA) is 86.8 Å². The summed E-state index contributed by atoms with van der Waals surface area (Å²) in [6.07, 6.45) is 2.30. The number of nitrogens with zero attached hydrogens (tertiary/aromatic N) is 5. The van der Waals surface area contributed by atoms with Crippen molar-refractivity contribution in [3.8, 4) is 0 Å². The number of hydrogen-bond acceptors (Lipinski definition) is 3. The Balaban J connectivity index is 2.30. The molecule has 0 saturated heterocycles. The molecule has 6 heteroatoms. The molecule has 0 aliphatic heterocycles. The van der Waals surface area contributed by atoms with E-state index in [1.165, 1.54) is 0 Å². The van der Waals surface area contributed by atoms with Gasteiger partial charge in [-0.15, -0.1) is 0 Å². The third-order valence-corrected chi connectivity index (χ3v) is 3.59. The summed E-state index contributed by atoms with van der Waals surface area (Å²) in [6, 6.07) is 5.79. The van der Waals surface area contributed by atoms with Crippen molar-refractivity contribution >= 4 is 11.0 Å². The summed E-state index contributed by atoms with van der Waals surface area (Å²) in [4.78, 5) is 7.43. The minimum atomic E-state index is -0.196. The number of fused-ring (bicyclic) bond motifs is 1. The van der Waals surface area contributed by atoms with Gasteiger partial charge in [-0.25, -0.2) is 4.98 Å². The normalized spacial score (nSPS) is 12.3. The summed E-state index contributed by atoms with van der Waals surface area (Å²) < 4.78 is 2.04. The summed E-state index contributed by atoms with van der Waals surface area (Å²) in [5.74, 6) is 0.956. The second-order valence-corrected chi connectivity index (χ2v) is 4.91. The predicted molar refractivity (Wildman–Crippen MR) is 78.3 cm³/mol. The molecule has 0 spiro atoms. The van der Waals surface area contributed by atoms with E-state index in [-0.39, 0.29) is 12.6 Å². The van der Waals surface area contributed by atoms with Gasteiger partial charge in [0.25, 0.3) is 0 Å². The SMILES string of the molecule is Cc1nc2cc(C(CCCCO)N=[N+]=[N-])ccc2n1C. The van der Waals surface area contributed by atoms with Crippen molar-refractivity contribution in [2.24, 2.45) is 12.2 Å². The van der Waals surface area contributed by atoms with Crippen LogP contribution in [0.4, 0.5) is 0 Å². The molecule has 0 aliphatic rings. The highest BCUT2D eigenvalue weighted by molar-refractivity contribution is 5.76. The fourth-order valence-corrected chi connectivity index (χ4v) is 2.35. The van der Waals surface area contributed by atoms with Gasteiger partial charge in [0, 0.05) is 18.6 Å². The largest absolute Gasteiger partial charge is 0.396 e. The first kappa shape index (κ1) is 14.4. The highest BCUT2D eigenvalue weighted by Gasteiger charge is 2.12. The lowest BCUT2D eigenvalue weighted by atomic mass is 10.0. The lowest BCUT2D eigenvalue weighted by molar-refractivity contribution is 0.281. The minimum Gasteiger partial charge on any atom is -0.396 e. The Hall–Kier alpha value is -2.04. The molecule has 1 N–H and O–H groups in total. The van der Waals surface area contributed by atoms with Gasteiger partial charge < -0.3 is 9.67 Å². The molecule has 0 saturated carbocycles. The van der Waals surface area contributed by atoms with Crippen LogP contribution < -0.4 is 0 Å². The third kappa shape index (κ3) is 2.92. The van der Waals surface area contributed by atoms with Crippen molar-refractivity contribution in [2.45, 2.75) is 32.2 Å². The number of aromatic nitrogens is 2. The van der Waals surface area contributed by atoms with Gasteiger partial charge in [-0.3, -0.25) is 0 Å². The van der Waals surface area contributed by atoms with Crippen LogP contribution in [0.2, 0.25) is 0 Å². The van der Waals surface area contributed by atoms with Gasteiger partial charge in [0.2, 0.25) is 0 Å². The van der Waals surface area contributed by atoms with Crippen LogP contribution in [-0.4, -0.2) is 21.3 Å². The van der Waals surface area contributed by atoms with E-state index in [1.807, 2.05) is 36.7 Å². The number of imidazole rings is 1. The Bertz CT molecular complexity index is 642. The van der Waals surface area contributed by atoms with E-state index in [2.05, 4.69) is 15.0 Å². The molecule has 0 aliphatic carbocycles. The maximum atomic E-state index is 8.84. The third-order valence-electron chi connectivity index (χ3n) is 3.59. The van der Waals surface area contributed by atoms with E-state index in [1.54, 1.807) is 0 Å². The number of hydrogen-bond donors (Lipinski definition) is 1. The van der Waals surface area contributed by atoms with Crippen LogP contribution in [0, 0.1) is 6.92 Å². The van der Waals surface area contributed by atoms with Crippen molar-refractivity contribution in [1.82, 2.24) is 9.55 Å². The molecule has 1 aromatic heterocycles. The predicted octanol–water partition coefficient (Wildman–Crippen LogP) is 3.40. The Kier molecular flexibility index (Phi) is 4.61. The fourth-order valence-electron chi connectivity index (χ4n) is 2.35. The summed E-state index contributed by atoms with van der Waals surface area (Å²) in [5, 5.41) is 12.7.